The van der Waals surface area contributed by atoms with Gasteiger partial charge in [-0.25, -0.2) is 19.2 Å². The number of primary amides is 1. The molecule has 0 radical (unpaired) electrons. The molecule has 2 aromatic carbocycles. The predicted molar refractivity (Wildman–Crippen MR) is 154 cm³/mol. The monoisotopic (exact) mass is 642 g/mol. The minimum Gasteiger partial charge on any atom is -0.494 e. The second-order valence-electron chi connectivity index (χ2n) is 10.9. The summed E-state index contributed by atoms with van der Waals surface area (Å²) in [7, 11) is 1.27. The lowest BCUT2D eigenvalue weighted by Gasteiger charge is -2.31. The van der Waals surface area contributed by atoms with Crippen LogP contribution in [0.15, 0.2) is 48.5 Å². The van der Waals surface area contributed by atoms with E-state index in [4.69, 9.17) is 15.2 Å². The summed E-state index contributed by atoms with van der Waals surface area (Å²) in [5, 5.41) is 23.0. The van der Waals surface area contributed by atoms with Crippen molar-refractivity contribution in [3.8, 4) is 22.8 Å². The molecule has 11 nitrogen and oxygen atoms in total. The number of methoxy groups -OCH3 is 1. The summed E-state index contributed by atoms with van der Waals surface area (Å²) < 4.78 is 68.8. The van der Waals surface area contributed by atoms with Crippen LogP contribution in [0, 0.1) is 12.7 Å². The number of halogens is 4. The number of pyridine rings is 2. The molecule has 240 valence electrons. The molecular weight excluding hydrogens is 616 g/mol. The van der Waals surface area contributed by atoms with Gasteiger partial charge in [0.2, 0.25) is 11.5 Å². The summed E-state index contributed by atoms with van der Waals surface area (Å²) in [6.45, 7) is 1.05. The molecule has 46 heavy (non-hydrogen) atoms. The highest BCUT2D eigenvalue weighted by molar-refractivity contribution is 6.02. The van der Waals surface area contributed by atoms with Gasteiger partial charge in [0.05, 0.1) is 30.6 Å². The number of fused-ring (bicyclic) bond motifs is 2. The number of carbonyl (C=O) groups is 3. The number of carboxylic acid groups (broad SMARTS) is 1. The molecule has 0 saturated heterocycles. The lowest BCUT2D eigenvalue weighted by molar-refractivity contribution is -0.265. The van der Waals surface area contributed by atoms with Gasteiger partial charge in [0.25, 0.3) is 5.91 Å². The number of nitrogens with one attached hydrogen (secondary N) is 1. The third-order valence-electron chi connectivity index (χ3n) is 7.92. The summed E-state index contributed by atoms with van der Waals surface area (Å²) in [4.78, 5) is 45.5. The van der Waals surface area contributed by atoms with E-state index in [1.165, 1.54) is 51.3 Å². The first-order valence-corrected chi connectivity index (χ1v) is 13.5. The third-order valence-corrected chi connectivity index (χ3v) is 7.92. The molecule has 4 aromatic rings. The fraction of sp³-hybridized carbons (Fsp3) is 0.258. The average Bonchev–Trinajstić information content (AvgIpc) is 3.35. The van der Waals surface area contributed by atoms with E-state index in [1.807, 2.05) is 0 Å². The van der Waals surface area contributed by atoms with Gasteiger partial charge in [-0.3, -0.25) is 9.59 Å². The van der Waals surface area contributed by atoms with E-state index in [0.29, 0.717) is 0 Å². The van der Waals surface area contributed by atoms with Crippen molar-refractivity contribution in [1.29, 1.82) is 0 Å². The van der Waals surface area contributed by atoms with Gasteiger partial charge in [-0.1, -0.05) is 0 Å². The standard InChI is InChI=1S/C31H26F4N4O7/c1-14-19(27(41)42)9-16-8-17(10-21(45-3)23(16)38-14)26(40)37-12-30(44,31(33,34)35)22-11-20-25(46-13-29(20,2)28(36)43)24(39-22)15-4-6-18(32)7-5-15/h4-11,44H,12-13H2,1-3H3,(H2,36,43)(H,37,40)(H,41,42)/t29-,30?/m0/s1. The van der Waals surface area contributed by atoms with E-state index in [0.717, 1.165) is 18.2 Å². The Morgan fingerprint density at radius 2 is 1.78 bits per heavy atom. The molecule has 3 heterocycles. The number of rotatable bonds is 8. The molecule has 0 aliphatic carbocycles. The molecule has 0 spiro atoms. The zero-order valence-electron chi connectivity index (χ0n) is 24.5. The van der Waals surface area contributed by atoms with Crippen molar-refractivity contribution >= 4 is 28.7 Å². The smallest absolute Gasteiger partial charge is 0.424 e. The van der Waals surface area contributed by atoms with Gasteiger partial charge >= 0.3 is 12.1 Å². The van der Waals surface area contributed by atoms with Crippen molar-refractivity contribution in [2.75, 3.05) is 20.3 Å². The molecular formula is C31H26F4N4O7. The number of nitrogens with two attached hydrogens (primary N) is 1. The van der Waals surface area contributed by atoms with Crippen molar-refractivity contribution in [1.82, 2.24) is 15.3 Å². The molecule has 2 amide bonds. The lowest BCUT2D eigenvalue weighted by Crippen LogP contribution is -2.51. The van der Waals surface area contributed by atoms with Gasteiger partial charge in [0.15, 0.2) is 0 Å². The van der Waals surface area contributed by atoms with Crippen LogP contribution in [-0.4, -0.2) is 64.4 Å². The topological polar surface area (TPSA) is 174 Å². The number of carboxylic acids is 1. The highest BCUT2D eigenvalue weighted by Gasteiger charge is 2.57. The Balaban J connectivity index is 1.59. The highest BCUT2D eigenvalue weighted by Crippen LogP contribution is 2.47. The number of aromatic carboxylic acids is 1. The zero-order chi connectivity index (χ0) is 33.8. The van der Waals surface area contributed by atoms with Gasteiger partial charge in [-0.2, -0.15) is 13.2 Å². The second kappa shape index (κ2) is 11.2. The Kier molecular flexibility index (Phi) is 7.85. The fourth-order valence-corrected chi connectivity index (χ4v) is 5.10. The first kappa shape index (κ1) is 32.1. The molecule has 2 atom stereocenters. The molecule has 1 unspecified atom stereocenters. The molecule has 5 N–H and O–H groups in total. The van der Waals surface area contributed by atoms with Gasteiger partial charge in [-0.15, -0.1) is 0 Å². The molecule has 1 aliphatic rings. The molecule has 0 bridgehead atoms. The first-order chi connectivity index (χ1) is 21.5. The Labute approximate surface area is 258 Å². The summed E-state index contributed by atoms with van der Waals surface area (Å²) >= 11 is 0. The first-order valence-electron chi connectivity index (χ1n) is 13.5. The number of carbonyl (C=O) groups excluding carboxylic acids is 2. The maximum Gasteiger partial charge on any atom is 0.424 e. The molecule has 0 saturated carbocycles. The van der Waals surface area contributed by atoms with Gasteiger partial charge < -0.3 is 30.7 Å². The average molecular weight is 643 g/mol. The van der Waals surface area contributed by atoms with Crippen LogP contribution in [0.5, 0.6) is 11.5 Å². The normalized spacial score (nSPS) is 17.1. The Morgan fingerprint density at radius 1 is 1.11 bits per heavy atom. The Bertz CT molecular complexity index is 1920. The van der Waals surface area contributed by atoms with Crippen molar-refractivity contribution in [3.05, 3.63) is 82.4 Å². The van der Waals surface area contributed by atoms with E-state index in [-0.39, 0.29) is 62.7 Å². The number of aliphatic hydroxyl groups is 1. The van der Waals surface area contributed by atoms with E-state index in [1.54, 1.807) is 0 Å². The van der Waals surface area contributed by atoms with Crippen molar-refractivity contribution < 1.29 is 51.6 Å². The number of hydrogen-bond donors (Lipinski definition) is 4. The van der Waals surface area contributed by atoms with E-state index < -0.39 is 53.0 Å². The van der Waals surface area contributed by atoms with Crippen molar-refractivity contribution in [2.45, 2.75) is 31.0 Å². The zero-order valence-corrected chi connectivity index (χ0v) is 24.5. The van der Waals surface area contributed by atoms with Crippen LogP contribution in [0.1, 0.15) is 44.6 Å². The van der Waals surface area contributed by atoms with Crippen molar-refractivity contribution in [2.24, 2.45) is 5.73 Å². The van der Waals surface area contributed by atoms with Crippen LogP contribution in [0.25, 0.3) is 22.2 Å². The Hall–Kier alpha value is -5.31. The summed E-state index contributed by atoms with van der Waals surface area (Å²) in [5.41, 5.74) is -1.02. The largest absolute Gasteiger partial charge is 0.494 e. The summed E-state index contributed by atoms with van der Waals surface area (Å²) in [6, 6.07) is 9.07. The van der Waals surface area contributed by atoms with E-state index in [2.05, 4.69) is 15.3 Å². The molecule has 15 heteroatoms. The van der Waals surface area contributed by atoms with E-state index >= 15 is 0 Å². The lowest BCUT2D eigenvalue weighted by atomic mass is 9.81. The van der Waals surface area contributed by atoms with Crippen molar-refractivity contribution in [3.63, 3.8) is 0 Å². The van der Waals surface area contributed by atoms with Gasteiger partial charge in [0.1, 0.15) is 40.5 Å². The number of benzene rings is 2. The van der Waals surface area contributed by atoms with Crippen LogP contribution in [-0.2, 0) is 15.8 Å². The quantitative estimate of drug-likeness (QED) is 0.209. The van der Waals surface area contributed by atoms with Crippen LogP contribution >= 0.6 is 0 Å². The maximum absolute atomic E-state index is 14.7. The summed E-state index contributed by atoms with van der Waals surface area (Å²) in [6.07, 6.45) is -5.43. The molecule has 1 aliphatic heterocycles. The number of amides is 2. The molecule has 0 fully saturated rings. The van der Waals surface area contributed by atoms with Gasteiger partial charge in [-0.05, 0) is 62.4 Å². The van der Waals surface area contributed by atoms with E-state index in [9.17, 15) is 42.2 Å². The third kappa shape index (κ3) is 5.31. The van der Waals surface area contributed by atoms with Crippen LogP contribution < -0.4 is 20.5 Å². The minimum absolute atomic E-state index is 0.0451. The number of ether oxygens (including phenoxy) is 2. The number of aromatic nitrogens is 2. The number of alkyl halides is 3. The number of aryl methyl sites for hydroxylation is 1. The van der Waals surface area contributed by atoms with Gasteiger partial charge in [0, 0.05) is 22.1 Å². The van der Waals surface area contributed by atoms with Crippen LogP contribution in [0.3, 0.4) is 0 Å². The molecule has 2 aromatic heterocycles. The predicted octanol–water partition coefficient (Wildman–Crippen LogP) is 3.77. The summed E-state index contributed by atoms with van der Waals surface area (Å²) in [5.74, 6) is -3.94. The minimum atomic E-state index is -5.43. The second-order valence-corrected chi connectivity index (χ2v) is 10.9. The SMILES string of the molecule is COc1cc(C(=O)NCC(O)(c2cc3c(c(-c4ccc(F)cc4)n2)OC[C@]3(C)C(N)=O)C(F)(F)F)cc2cc(C(=O)O)c(C)nc12. The number of hydrogen-bond acceptors (Lipinski definition) is 8. The number of nitrogens with zero attached hydrogens (tertiary/aromatic N) is 2. The van der Waals surface area contributed by atoms with Crippen LogP contribution in [0.2, 0.25) is 0 Å². The molecule has 5 rings (SSSR count). The fourth-order valence-electron chi connectivity index (χ4n) is 5.10. The highest BCUT2D eigenvalue weighted by atomic mass is 19.4. The van der Waals surface area contributed by atoms with Crippen LogP contribution in [0.4, 0.5) is 17.6 Å². The maximum atomic E-state index is 14.7. The Morgan fingerprint density at radius 3 is 2.37 bits per heavy atom.